The van der Waals surface area contributed by atoms with E-state index in [9.17, 15) is 4.39 Å². The van der Waals surface area contributed by atoms with Crippen LogP contribution in [0.5, 0.6) is 0 Å². The molecule has 0 spiro atoms. The Morgan fingerprint density at radius 3 is 2.65 bits per heavy atom. The van der Waals surface area contributed by atoms with Gasteiger partial charge in [0, 0.05) is 24.6 Å². The van der Waals surface area contributed by atoms with Crippen LogP contribution in [-0.4, -0.2) is 23.1 Å². The van der Waals surface area contributed by atoms with Gasteiger partial charge in [-0.2, -0.15) is 0 Å². The number of hydrogen-bond acceptors (Lipinski definition) is 4. The lowest BCUT2D eigenvalue weighted by molar-refractivity contribution is 0.628. The van der Waals surface area contributed by atoms with Crippen molar-refractivity contribution >= 4 is 5.69 Å². The zero-order chi connectivity index (χ0) is 13.9. The van der Waals surface area contributed by atoms with E-state index in [-0.39, 0.29) is 5.82 Å². The molecule has 0 bridgehead atoms. The van der Waals surface area contributed by atoms with Crippen molar-refractivity contribution in [3.63, 3.8) is 0 Å². The summed E-state index contributed by atoms with van der Waals surface area (Å²) >= 11 is 0. The van der Waals surface area contributed by atoms with Gasteiger partial charge in [0.05, 0.1) is 17.6 Å². The molecule has 0 atom stereocenters. The molecule has 0 radical (unpaired) electrons. The van der Waals surface area contributed by atoms with Crippen LogP contribution in [0.15, 0.2) is 30.5 Å². The van der Waals surface area contributed by atoms with Gasteiger partial charge >= 0.3 is 0 Å². The van der Waals surface area contributed by atoms with E-state index in [1.807, 2.05) is 0 Å². The summed E-state index contributed by atoms with van der Waals surface area (Å²) in [5.74, 6) is 0.903. The molecule has 1 aromatic carbocycles. The lowest BCUT2D eigenvalue weighted by atomic mass is 10.2. The number of nitrogens with zero attached hydrogens (tertiary/aromatic N) is 2. The van der Waals surface area contributed by atoms with Crippen molar-refractivity contribution in [1.29, 1.82) is 0 Å². The second-order valence-electron chi connectivity index (χ2n) is 4.99. The molecule has 5 heteroatoms. The predicted molar refractivity (Wildman–Crippen MR) is 76.9 cm³/mol. The van der Waals surface area contributed by atoms with Crippen LogP contribution in [0.2, 0.25) is 0 Å². The highest BCUT2D eigenvalue weighted by atomic mass is 19.1. The van der Waals surface area contributed by atoms with Crippen molar-refractivity contribution in [1.82, 2.24) is 9.97 Å². The maximum absolute atomic E-state index is 13.0. The third-order valence-corrected chi connectivity index (χ3v) is 3.34. The maximum atomic E-state index is 13.0. The van der Waals surface area contributed by atoms with Crippen molar-refractivity contribution in [2.75, 3.05) is 18.4 Å². The Hall–Kier alpha value is -2.01. The van der Waals surface area contributed by atoms with Crippen molar-refractivity contribution in [3.05, 3.63) is 42.0 Å². The Labute approximate surface area is 117 Å². The van der Waals surface area contributed by atoms with Crippen molar-refractivity contribution in [3.8, 4) is 11.4 Å². The minimum absolute atomic E-state index is 0.252. The minimum atomic E-state index is -0.252. The number of halogens is 1. The van der Waals surface area contributed by atoms with Gasteiger partial charge in [-0.25, -0.2) is 14.4 Å². The number of benzene rings is 1. The van der Waals surface area contributed by atoms with E-state index in [1.54, 1.807) is 18.3 Å². The molecule has 0 amide bonds. The summed E-state index contributed by atoms with van der Waals surface area (Å²) in [6, 6.07) is 6.26. The summed E-state index contributed by atoms with van der Waals surface area (Å²) in [7, 11) is 0. The molecule has 1 aliphatic rings. The van der Waals surface area contributed by atoms with Crippen LogP contribution in [-0.2, 0) is 0 Å². The molecule has 1 aromatic heterocycles. The maximum Gasteiger partial charge on any atom is 0.159 e. The normalized spacial score (nSPS) is 14.3. The van der Waals surface area contributed by atoms with Gasteiger partial charge in [-0.3, -0.25) is 0 Å². The first-order valence-electron chi connectivity index (χ1n) is 6.85. The van der Waals surface area contributed by atoms with E-state index in [2.05, 4.69) is 15.3 Å². The number of hydrogen-bond donors (Lipinski definition) is 2. The fourth-order valence-electron chi connectivity index (χ4n) is 2.14. The SMILES string of the molecule is NCCNc1cnc(-c2ccc(F)cc2)nc1C1CC1. The van der Waals surface area contributed by atoms with E-state index in [0.29, 0.717) is 24.8 Å². The zero-order valence-electron chi connectivity index (χ0n) is 11.1. The Kier molecular flexibility index (Phi) is 3.60. The molecule has 0 unspecified atom stereocenters. The second-order valence-corrected chi connectivity index (χ2v) is 4.99. The third kappa shape index (κ3) is 2.77. The quantitative estimate of drug-likeness (QED) is 0.878. The summed E-state index contributed by atoms with van der Waals surface area (Å²) in [5, 5.41) is 3.26. The van der Waals surface area contributed by atoms with Crippen molar-refractivity contribution < 1.29 is 4.39 Å². The van der Waals surface area contributed by atoms with E-state index >= 15 is 0 Å². The topological polar surface area (TPSA) is 63.8 Å². The number of nitrogens with two attached hydrogens (primary N) is 1. The van der Waals surface area contributed by atoms with Gasteiger partial charge in [0.1, 0.15) is 5.82 Å². The van der Waals surface area contributed by atoms with Gasteiger partial charge in [-0.1, -0.05) is 0 Å². The van der Waals surface area contributed by atoms with Gasteiger partial charge in [0.25, 0.3) is 0 Å². The molecule has 3 rings (SSSR count). The second kappa shape index (κ2) is 5.54. The summed E-state index contributed by atoms with van der Waals surface area (Å²) in [6.45, 7) is 1.28. The van der Waals surface area contributed by atoms with E-state index in [1.165, 1.54) is 12.1 Å². The average molecular weight is 272 g/mol. The van der Waals surface area contributed by atoms with Crippen LogP contribution in [0.4, 0.5) is 10.1 Å². The molecule has 20 heavy (non-hydrogen) atoms. The monoisotopic (exact) mass is 272 g/mol. The largest absolute Gasteiger partial charge is 0.381 e. The molecule has 0 aliphatic heterocycles. The zero-order valence-corrected chi connectivity index (χ0v) is 11.1. The van der Waals surface area contributed by atoms with E-state index < -0.39 is 0 Å². The molecular formula is C15H17FN4. The van der Waals surface area contributed by atoms with Crippen LogP contribution in [0, 0.1) is 5.82 Å². The summed E-state index contributed by atoms with van der Waals surface area (Å²) in [6.07, 6.45) is 4.13. The van der Waals surface area contributed by atoms with Gasteiger partial charge in [0.15, 0.2) is 5.82 Å². The molecule has 1 heterocycles. The van der Waals surface area contributed by atoms with E-state index in [0.717, 1.165) is 29.8 Å². The third-order valence-electron chi connectivity index (χ3n) is 3.34. The minimum Gasteiger partial charge on any atom is -0.381 e. The lowest BCUT2D eigenvalue weighted by Gasteiger charge is -2.11. The highest BCUT2D eigenvalue weighted by molar-refractivity contribution is 5.59. The van der Waals surface area contributed by atoms with Gasteiger partial charge in [-0.15, -0.1) is 0 Å². The Bertz CT molecular complexity index is 593. The van der Waals surface area contributed by atoms with Gasteiger partial charge in [-0.05, 0) is 37.1 Å². The van der Waals surface area contributed by atoms with Crippen LogP contribution in [0.25, 0.3) is 11.4 Å². The first-order chi connectivity index (χ1) is 9.78. The first-order valence-corrected chi connectivity index (χ1v) is 6.85. The molecule has 1 fully saturated rings. The molecule has 3 N–H and O–H groups in total. The summed E-state index contributed by atoms with van der Waals surface area (Å²) < 4.78 is 13.0. The summed E-state index contributed by atoms with van der Waals surface area (Å²) in [5.41, 5.74) is 8.36. The highest BCUT2D eigenvalue weighted by Crippen LogP contribution is 2.42. The molecule has 1 aliphatic carbocycles. The fourth-order valence-corrected chi connectivity index (χ4v) is 2.14. The molecule has 1 saturated carbocycles. The van der Waals surface area contributed by atoms with Crippen molar-refractivity contribution in [2.24, 2.45) is 5.73 Å². The fraction of sp³-hybridized carbons (Fsp3) is 0.333. The molecular weight excluding hydrogens is 255 g/mol. The van der Waals surface area contributed by atoms with Crippen LogP contribution in [0.1, 0.15) is 24.5 Å². The van der Waals surface area contributed by atoms with Crippen LogP contribution < -0.4 is 11.1 Å². The lowest BCUT2D eigenvalue weighted by Crippen LogP contribution is -2.15. The molecule has 4 nitrogen and oxygen atoms in total. The standard InChI is InChI=1S/C15H17FN4/c16-12-5-3-11(4-6-12)15-19-9-13(18-8-7-17)14(20-15)10-1-2-10/h3-6,9-10,18H,1-2,7-8,17H2. The molecule has 0 saturated heterocycles. The first kappa shape index (κ1) is 13.0. The smallest absolute Gasteiger partial charge is 0.159 e. The molecule has 2 aromatic rings. The van der Waals surface area contributed by atoms with E-state index in [4.69, 9.17) is 5.73 Å². The Morgan fingerprint density at radius 2 is 2.00 bits per heavy atom. The number of nitrogens with one attached hydrogen (secondary N) is 1. The number of anilines is 1. The highest BCUT2D eigenvalue weighted by Gasteiger charge is 2.28. The predicted octanol–water partition coefficient (Wildman–Crippen LogP) is 2.53. The van der Waals surface area contributed by atoms with Crippen LogP contribution in [0.3, 0.4) is 0 Å². The van der Waals surface area contributed by atoms with Crippen LogP contribution >= 0.6 is 0 Å². The number of rotatable bonds is 5. The summed E-state index contributed by atoms with van der Waals surface area (Å²) in [4.78, 5) is 9.02. The van der Waals surface area contributed by atoms with Gasteiger partial charge in [0.2, 0.25) is 0 Å². The van der Waals surface area contributed by atoms with Crippen molar-refractivity contribution in [2.45, 2.75) is 18.8 Å². The number of aromatic nitrogens is 2. The Morgan fingerprint density at radius 1 is 1.25 bits per heavy atom. The Balaban J connectivity index is 1.92. The van der Waals surface area contributed by atoms with Gasteiger partial charge < -0.3 is 11.1 Å². The molecule has 104 valence electrons. The average Bonchev–Trinajstić information content (AvgIpc) is 3.30.